The number of anilines is 1. The topological polar surface area (TPSA) is 79.3 Å². The first kappa shape index (κ1) is 15.2. The molecular formula is C15H16N2O3S. The zero-order valence-corrected chi connectivity index (χ0v) is 12.6. The fourth-order valence-electron chi connectivity index (χ4n) is 1.95. The lowest BCUT2D eigenvalue weighted by atomic mass is 10.1. The molecule has 5 nitrogen and oxygen atoms in total. The van der Waals surface area contributed by atoms with Gasteiger partial charge in [-0.1, -0.05) is 12.1 Å². The summed E-state index contributed by atoms with van der Waals surface area (Å²) in [6, 6.07) is 8.39. The average Bonchev–Trinajstić information content (AvgIpc) is 2.43. The van der Waals surface area contributed by atoms with Crippen LogP contribution in [0.2, 0.25) is 0 Å². The standard InChI is InChI=1S/C15H16N2O3S/c1-10-11(9-21(2)20)5-3-6-12(10)17-15(19)14-13(18)7-4-8-16-14/h3-8,18H,9H2,1-2H3,(H,17,19)/t21-/m0/s1. The van der Waals surface area contributed by atoms with E-state index in [9.17, 15) is 14.1 Å². The van der Waals surface area contributed by atoms with Gasteiger partial charge in [0.05, 0.1) is 0 Å². The van der Waals surface area contributed by atoms with Crippen molar-refractivity contribution in [1.29, 1.82) is 0 Å². The number of benzene rings is 1. The van der Waals surface area contributed by atoms with Crippen LogP contribution in [0, 0.1) is 6.92 Å². The first-order chi connectivity index (χ1) is 9.99. The number of pyridine rings is 1. The number of aromatic hydroxyl groups is 1. The number of amides is 1. The van der Waals surface area contributed by atoms with E-state index in [0.29, 0.717) is 11.4 Å². The normalized spacial score (nSPS) is 11.9. The largest absolute Gasteiger partial charge is 0.505 e. The van der Waals surface area contributed by atoms with Gasteiger partial charge in [-0.3, -0.25) is 9.00 Å². The van der Waals surface area contributed by atoms with Gasteiger partial charge < -0.3 is 10.4 Å². The first-order valence-corrected chi connectivity index (χ1v) is 8.05. The minimum absolute atomic E-state index is 0.0265. The fraction of sp³-hybridized carbons (Fsp3) is 0.200. The highest BCUT2D eigenvalue weighted by molar-refractivity contribution is 7.83. The van der Waals surface area contributed by atoms with Gasteiger partial charge in [-0.15, -0.1) is 0 Å². The molecule has 2 N–H and O–H groups in total. The predicted molar refractivity (Wildman–Crippen MR) is 82.8 cm³/mol. The molecular weight excluding hydrogens is 288 g/mol. The molecule has 2 rings (SSSR count). The van der Waals surface area contributed by atoms with Gasteiger partial charge in [0, 0.05) is 34.7 Å². The molecule has 21 heavy (non-hydrogen) atoms. The van der Waals surface area contributed by atoms with Gasteiger partial charge >= 0.3 is 0 Å². The molecule has 0 radical (unpaired) electrons. The smallest absolute Gasteiger partial charge is 0.278 e. The predicted octanol–water partition coefficient (Wildman–Crippen LogP) is 2.23. The van der Waals surface area contributed by atoms with Gasteiger partial charge in [-0.2, -0.15) is 0 Å². The Morgan fingerprint density at radius 1 is 1.33 bits per heavy atom. The molecule has 6 heteroatoms. The molecule has 1 heterocycles. The van der Waals surface area contributed by atoms with Crippen LogP contribution in [0.3, 0.4) is 0 Å². The van der Waals surface area contributed by atoms with Crippen molar-refractivity contribution in [2.75, 3.05) is 11.6 Å². The Labute approximate surface area is 125 Å². The summed E-state index contributed by atoms with van der Waals surface area (Å²) < 4.78 is 11.3. The Morgan fingerprint density at radius 2 is 2.10 bits per heavy atom. The van der Waals surface area contributed by atoms with E-state index >= 15 is 0 Å². The van der Waals surface area contributed by atoms with Crippen molar-refractivity contribution in [3.8, 4) is 5.75 Å². The fourth-order valence-corrected chi connectivity index (χ4v) is 2.70. The van der Waals surface area contributed by atoms with Crippen LogP contribution in [0.1, 0.15) is 21.6 Å². The number of nitrogens with one attached hydrogen (secondary N) is 1. The van der Waals surface area contributed by atoms with Crippen molar-refractivity contribution in [1.82, 2.24) is 4.98 Å². The third-order valence-corrected chi connectivity index (χ3v) is 3.77. The van der Waals surface area contributed by atoms with E-state index in [2.05, 4.69) is 10.3 Å². The molecule has 0 saturated carbocycles. The molecule has 0 aliphatic carbocycles. The van der Waals surface area contributed by atoms with E-state index < -0.39 is 16.7 Å². The monoisotopic (exact) mass is 304 g/mol. The maximum atomic E-state index is 12.1. The summed E-state index contributed by atoms with van der Waals surface area (Å²) in [5.74, 6) is -0.214. The molecule has 0 aliphatic heterocycles. The number of hydrogen-bond acceptors (Lipinski definition) is 4. The van der Waals surface area contributed by atoms with Crippen LogP contribution < -0.4 is 5.32 Å². The quantitative estimate of drug-likeness (QED) is 0.908. The Kier molecular flexibility index (Phi) is 4.70. The third kappa shape index (κ3) is 3.66. The first-order valence-electron chi connectivity index (χ1n) is 6.33. The van der Waals surface area contributed by atoms with E-state index in [0.717, 1.165) is 11.1 Å². The van der Waals surface area contributed by atoms with Crippen LogP contribution >= 0.6 is 0 Å². The highest BCUT2D eigenvalue weighted by atomic mass is 32.2. The second-order valence-electron chi connectivity index (χ2n) is 4.63. The van der Waals surface area contributed by atoms with Crippen LogP contribution in [0.15, 0.2) is 36.5 Å². The lowest BCUT2D eigenvalue weighted by Crippen LogP contribution is -2.15. The Hall–Kier alpha value is -2.21. The van der Waals surface area contributed by atoms with Crippen molar-refractivity contribution < 1.29 is 14.1 Å². The molecule has 0 fully saturated rings. The van der Waals surface area contributed by atoms with Gasteiger partial charge in [-0.25, -0.2) is 4.98 Å². The average molecular weight is 304 g/mol. The minimum Gasteiger partial charge on any atom is -0.505 e. The second-order valence-corrected chi connectivity index (χ2v) is 6.07. The summed E-state index contributed by atoms with van der Waals surface area (Å²) >= 11 is 0. The molecule has 0 saturated heterocycles. The highest BCUT2D eigenvalue weighted by Gasteiger charge is 2.14. The number of hydrogen-bond donors (Lipinski definition) is 2. The van der Waals surface area contributed by atoms with Gasteiger partial charge in [0.25, 0.3) is 5.91 Å². The second kappa shape index (κ2) is 6.49. The molecule has 0 unspecified atom stereocenters. The van der Waals surface area contributed by atoms with Gasteiger partial charge in [-0.05, 0) is 36.2 Å². The van der Waals surface area contributed by atoms with Crippen LogP contribution in [0.4, 0.5) is 5.69 Å². The van der Waals surface area contributed by atoms with Crippen molar-refractivity contribution in [3.05, 3.63) is 53.3 Å². The van der Waals surface area contributed by atoms with Gasteiger partial charge in [0.2, 0.25) is 0 Å². The maximum Gasteiger partial charge on any atom is 0.278 e. The summed E-state index contributed by atoms with van der Waals surface area (Å²) in [4.78, 5) is 16.0. The van der Waals surface area contributed by atoms with Crippen molar-refractivity contribution in [2.45, 2.75) is 12.7 Å². The molecule has 0 bridgehead atoms. The summed E-state index contributed by atoms with van der Waals surface area (Å²) in [6.07, 6.45) is 3.08. The molecule has 1 amide bonds. The van der Waals surface area contributed by atoms with Gasteiger partial charge in [0.1, 0.15) is 5.75 Å². The number of aromatic nitrogens is 1. The van der Waals surface area contributed by atoms with E-state index in [-0.39, 0.29) is 11.4 Å². The Morgan fingerprint density at radius 3 is 2.76 bits per heavy atom. The van der Waals surface area contributed by atoms with E-state index in [1.807, 2.05) is 13.0 Å². The molecule has 1 atom stereocenters. The molecule has 2 aromatic rings. The van der Waals surface area contributed by atoms with Crippen molar-refractivity contribution in [2.24, 2.45) is 0 Å². The van der Waals surface area contributed by atoms with E-state index in [1.165, 1.54) is 12.3 Å². The molecule has 0 aliphatic rings. The highest BCUT2D eigenvalue weighted by Crippen LogP contribution is 2.22. The zero-order valence-electron chi connectivity index (χ0n) is 11.8. The van der Waals surface area contributed by atoms with Crippen molar-refractivity contribution in [3.63, 3.8) is 0 Å². The van der Waals surface area contributed by atoms with Crippen molar-refractivity contribution >= 4 is 22.4 Å². The van der Waals surface area contributed by atoms with Crippen LogP contribution in [-0.4, -0.2) is 26.5 Å². The van der Waals surface area contributed by atoms with E-state index in [4.69, 9.17) is 0 Å². The SMILES string of the molecule is Cc1c(C[S@](C)=O)cccc1NC(=O)c1ncccc1O. The summed E-state index contributed by atoms with van der Waals surface area (Å²) in [5.41, 5.74) is 2.37. The van der Waals surface area contributed by atoms with E-state index in [1.54, 1.807) is 24.5 Å². The molecule has 1 aromatic carbocycles. The Bertz CT molecular complexity index is 701. The number of rotatable bonds is 4. The maximum absolute atomic E-state index is 12.1. The zero-order chi connectivity index (χ0) is 15.4. The Balaban J connectivity index is 2.26. The van der Waals surface area contributed by atoms with Crippen LogP contribution in [-0.2, 0) is 16.6 Å². The lowest BCUT2D eigenvalue weighted by Gasteiger charge is -2.12. The van der Waals surface area contributed by atoms with Crippen LogP contribution in [0.5, 0.6) is 5.75 Å². The summed E-state index contributed by atoms with van der Waals surface area (Å²) in [7, 11) is -0.952. The number of carbonyl (C=O) groups is 1. The number of carbonyl (C=O) groups excluding carboxylic acids is 1. The molecule has 110 valence electrons. The summed E-state index contributed by atoms with van der Waals surface area (Å²) in [5, 5.41) is 12.4. The van der Waals surface area contributed by atoms with Gasteiger partial charge in [0.15, 0.2) is 5.69 Å². The molecule has 1 aromatic heterocycles. The molecule has 0 spiro atoms. The minimum atomic E-state index is -0.952. The number of nitrogens with zero attached hydrogens (tertiary/aromatic N) is 1. The third-order valence-electron chi connectivity index (χ3n) is 3.05. The van der Waals surface area contributed by atoms with Crippen LogP contribution in [0.25, 0.3) is 0 Å². The summed E-state index contributed by atoms with van der Waals surface area (Å²) in [6.45, 7) is 1.86. The lowest BCUT2D eigenvalue weighted by molar-refractivity contribution is 0.101.